The summed E-state index contributed by atoms with van der Waals surface area (Å²) >= 11 is 0. The highest BCUT2D eigenvalue weighted by atomic mass is 15.3. The van der Waals surface area contributed by atoms with Crippen LogP contribution in [0.2, 0.25) is 0 Å². The summed E-state index contributed by atoms with van der Waals surface area (Å²) in [7, 11) is 0. The van der Waals surface area contributed by atoms with Gasteiger partial charge >= 0.3 is 0 Å². The van der Waals surface area contributed by atoms with Gasteiger partial charge in [-0.05, 0) is 25.0 Å². The lowest BCUT2D eigenvalue weighted by atomic mass is 10.0. The molecule has 2 aromatic carbocycles. The summed E-state index contributed by atoms with van der Waals surface area (Å²) in [4.78, 5) is 16.2. The van der Waals surface area contributed by atoms with Gasteiger partial charge in [0.05, 0.1) is 11.6 Å². The quantitative estimate of drug-likeness (QED) is 0.560. The zero-order valence-electron chi connectivity index (χ0n) is 14.9. The van der Waals surface area contributed by atoms with Gasteiger partial charge in [0, 0.05) is 24.0 Å². The Kier molecular flexibility index (Phi) is 4.01. The van der Waals surface area contributed by atoms with Gasteiger partial charge in [-0.3, -0.25) is 0 Å². The third-order valence-corrected chi connectivity index (χ3v) is 5.19. The Morgan fingerprint density at radius 2 is 1.63 bits per heavy atom. The zero-order valence-corrected chi connectivity index (χ0v) is 14.9. The number of hydrogen-bond donors (Lipinski definition) is 0. The number of para-hydroxylation sites is 1. The van der Waals surface area contributed by atoms with Crippen molar-refractivity contribution < 1.29 is 0 Å². The van der Waals surface area contributed by atoms with E-state index in [2.05, 4.69) is 45.3 Å². The average Bonchev–Trinajstić information content (AvgIpc) is 3.29. The first-order valence-corrected chi connectivity index (χ1v) is 9.30. The lowest BCUT2D eigenvalue weighted by Crippen LogP contribution is -2.35. The van der Waals surface area contributed by atoms with E-state index in [1.165, 1.54) is 0 Å². The van der Waals surface area contributed by atoms with Crippen LogP contribution in [0.15, 0.2) is 67.3 Å². The molecule has 5 rings (SSSR count). The van der Waals surface area contributed by atoms with E-state index in [0.717, 1.165) is 54.0 Å². The molecular formula is C21H20N6. The topological polar surface area (TPSA) is 59.7 Å². The summed E-state index contributed by atoms with van der Waals surface area (Å²) < 4.78 is 1.98. The van der Waals surface area contributed by atoms with Crippen molar-refractivity contribution in [1.82, 2.24) is 24.7 Å². The standard InChI is InChI=1S/C21H20N6/c1-2-6-16(7-3-1)20-24-19-9-5-4-8-18(19)21(25-20)26-12-10-17(11-13-26)27-15-22-14-23-27/h1-9,14-15,17H,10-13H2. The Morgan fingerprint density at radius 1 is 0.852 bits per heavy atom. The molecule has 1 fully saturated rings. The van der Waals surface area contributed by atoms with E-state index >= 15 is 0 Å². The molecule has 4 aromatic rings. The van der Waals surface area contributed by atoms with Crippen molar-refractivity contribution in [3.8, 4) is 11.4 Å². The second-order valence-electron chi connectivity index (χ2n) is 6.85. The van der Waals surface area contributed by atoms with E-state index in [0.29, 0.717) is 6.04 Å². The van der Waals surface area contributed by atoms with Crippen molar-refractivity contribution in [3.05, 3.63) is 67.3 Å². The van der Waals surface area contributed by atoms with Gasteiger partial charge in [-0.25, -0.2) is 19.6 Å². The fraction of sp³-hybridized carbons (Fsp3) is 0.238. The molecular weight excluding hydrogens is 336 g/mol. The number of hydrogen-bond acceptors (Lipinski definition) is 5. The lowest BCUT2D eigenvalue weighted by molar-refractivity contribution is 0.365. The molecule has 0 aliphatic carbocycles. The SMILES string of the molecule is c1ccc(-c2nc(N3CCC(n4cncn4)CC3)c3ccccc3n2)cc1. The molecule has 27 heavy (non-hydrogen) atoms. The number of benzene rings is 2. The monoisotopic (exact) mass is 356 g/mol. The number of anilines is 1. The highest BCUT2D eigenvalue weighted by molar-refractivity contribution is 5.91. The summed E-state index contributed by atoms with van der Waals surface area (Å²) in [5.74, 6) is 1.80. The van der Waals surface area contributed by atoms with Gasteiger partial charge in [-0.1, -0.05) is 42.5 Å². The Hall–Kier alpha value is -3.28. The molecule has 134 valence electrons. The van der Waals surface area contributed by atoms with Crippen molar-refractivity contribution in [2.45, 2.75) is 18.9 Å². The minimum atomic E-state index is 0.408. The third-order valence-electron chi connectivity index (χ3n) is 5.19. The number of nitrogens with zero attached hydrogens (tertiary/aromatic N) is 6. The smallest absolute Gasteiger partial charge is 0.162 e. The van der Waals surface area contributed by atoms with E-state index in [-0.39, 0.29) is 0 Å². The number of rotatable bonds is 3. The molecule has 6 heteroatoms. The molecule has 6 nitrogen and oxygen atoms in total. The molecule has 0 radical (unpaired) electrons. The van der Waals surface area contributed by atoms with Crippen LogP contribution in [0.4, 0.5) is 5.82 Å². The van der Waals surface area contributed by atoms with Gasteiger partial charge in [-0.15, -0.1) is 0 Å². The van der Waals surface area contributed by atoms with Crippen LogP contribution < -0.4 is 4.90 Å². The van der Waals surface area contributed by atoms with Crippen LogP contribution in [0.3, 0.4) is 0 Å². The van der Waals surface area contributed by atoms with Crippen molar-refractivity contribution in [2.24, 2.45) is 0 Å². The zero-order chi connectivity index (χ0) is 18.1. The molecule has 1 aliphatic heterocycles. The molecule has 0 unspecified atom stereocenters. The first-order chi connectivity index (χ1) is 13.4. The first kappa shape index (κ1) is 15.9. The summed E-state index contributed by atoms with van der Waals surface area (Å²) in [6, 6.07) is 18.9. The maximum absolute atomic E-state index is 4.96. The minimum absolute atomic E-state index is 0.408. The van der Waals surface area contributed by atoms with Gasteiger partial charge in [0.25, 0.3) is 0 Å². The molecule has 1 saturated heterocycles. The van der Waals surface area contributed by atoms with E-state index in [9.17, 15) is 0 Å². The van der Waals surface area contributed by atoms with Crippen molar-refractivity contribution in [3.63, 3.8) is 0 Å². The van der Waals surface area contributed by atoms with Crippen LogP contribution in [0.25, 0.3) is 22.3 Å². The normalized spacial score (nSPS) is 15.3. The minimum Gasteiger partial charge on any atom is -0.356 e. The second kappa shape index (κ2) is 6.79. The second-order valence-corrected chi connectivity index (χ2v) is 6.85. The van der Waals surface area contributed by atoms with Crippen molar-refractivity contribution in [2.75, 3.05) is 18.0 Å². The first-order valence-electron chi connectivity index (χ1n) is 9.30. The highest BCUT2D eigenvalue weighted by Gasteiger charge is 2.24. The van der Waals surface area contributed by atoms with E-state index in [1.54, 1.807) is 6.33 Å². The predicted octanol–water partition coefficient (Wildman–Crippen LogP) is 3.73. The fourth-order valence-corrected chi connectivity index (χ4v) is 3.77. The van der Waals surface area contributed by atoms with E-state index < -0.39 is 0 Å². The van der Waals surface area contributed by atoms with Crippen LogP contribution in [0.5, 0.6) is 0 Å². The van der Waals surface area contributed by atoms with Crippen LogP contribution >= 0.6 is 0 Å². The van der Waals surface area contributed by atoms with E-state index in [4.69, 9.17) is 9.97 Å². The van der Waals surface area contributed by atoms with Crippen LogP contribution in [0.1, 0.15) is 18.9 Å². The van der Waals surface area contributed by atoms with Crippen molar-refractivity contribution >= 4 is 16.7 Å². The lowest BCUT2D eigenvalue weighted by Gasteiger charge is -2.33. The van der Waals surface area contributed by atoms with Gasteiger partial charge in [0.2, 0.25) is 0 Å². The molecule has 0 amide bonds. The third kappa shape index (κ3) is 3.03. The number of aromatic nitrogens is 5. The largest absolute Gasteiger partial charge is 0.356 e. The fourth-order valence-electron chi connectivity index (χ4n) is 3.77. The van der Waals surface area contributed by atoms with Crippen LogP contribution in [-0.4, -0.2) is 37.8 Å². The van der Waals surface area contributed by atoms with Crippen molar-refractivity contribution in [1.29, 1.82) is 0 Å². The van der Waals surface area contributed by atoms with E-state index in [1.807, 2.05) is 35.3 Å². The molecule has 0 saturated carbocycles. The Morgan fingerprint density at radius 3 is 2.41 bits per heavy atom. The van der Waals surface area contributed by atoms with Gasteiger partial charge in [0.15, 0.2) is 5.82 Å². The summed E-state index contributed by atoms with van der Waals surface area (Å²) in [6.45, 7) is 1.89. The Balaban J connectivity index is 1.51. The molecule has 1 aliphatic rings. The molecule has 0 atom stereocenters. The van der Waals surface area contributed by atoms with Gasteiger partial charge in [-0.2, -0.15) is 5.10 Å². The molecule has 0 bridgehead atoms. The molecule has 0 N–H and O–H groups in total. The van der Waals surface area contributed by atoms with Gasteiger partial charge in [0.1, 0.15) is 18.5 Å². The summed E-state index contributed by atoms with van der Waals surface area (Å²) in [6.07, 6.45) is 5.48. The number of piperidine rings is 1. The van der Waals surface area contributed by atoms with Crippen LogP contribution in [0, 0.1) is 0 Å². The summed E-state index contributed by atoms with van der Waals surface area (Å²) in [5, 5.41) is 5.41. The highest BCUT2D eigenvalue weighted by Crippen LogP contribution is 2.31. The Bertz CT molecular complexity index is 1040. The van der Waals surface area contributed by atoms with Crippen LogP contribution in [-0.2, 0) is 0 Å². The maximum Gasteiger partial charge on any atom is 0.162 e. The predicted molar refractivity (Wildman–Crippen MR) is 105 cm³/mol. The number of fused-ring (bicyclic) bond motifs is 1. The average molecular weight is 356 g/mol. The summed E-state index contributed by atoms with van der Waals surface area (Å²) in [5.41, 5.74) is 2.03. The molecule has 3 heterocycles. The molecule has 2 aromatic heterocycles. The molecule has 0 spiro atoms. The maximum atomic E-state index is 4.96. The Labute approximate surface area is 157 Å². The van der Waals surface area contributed by atoms with Gasteiger partial charge < -0.3 is 4.90 Å².